The Morgan fingerprint density at radius 1 is 1.05 bits per heavy atom. The minimum absolute atomic E-state index is 0.000565. The molecule has 1 saturated heterocycles. The maximum absolute atomic E-state index is 15.1. The SMILES string of the molecule is NC(=O)[C@@]1([C@@H](c2ccc(C(F)(F)F)cc2F)C2CC2)CCCN1C(=O)c1cccc([C@@H](O)C(F)(F)F)c1. The predicted molar refractivity (Wildman–Crippen MR) is 117 cm³/mol. The third-order valence-electron chi connectivity index (χ3n) is 7.12. The fourth-order valence-electron chi connectivity index (χ4n) is 5.33. The lowest BCUT2D eigenvalue weighted by molar-refractivity contribution is -0.206. The maximum Gasteiger partial charge on any atom is 0.418 e. The lowest BCUT2D eigenvalue weighted by Crippen LogP contribution is -2.60. The van der Waals surface area contributed by atoms with E-state index in [1.54, 1.807) is 0 Å². The Morgan fingerprint density at radius 3 is 2.27 bits per heavy atom. The average Bonchev–Trinajstić information content (AvgIpc) is 3.55. The van der Waals surface area contributed by atoms with Crippen molar-refractivity contribution in [1.29, 1.82) is 0 Å². The van der Waals surface area contributed by atoms with Gasteiger partial charge in [0.25, 0.3) is 5.91 Å². The number of primary amides is 1. The summed E-state index contributed by atoms with van der Waals surface area (Å²) in [5.74, 6) is -4.43. The number of likely N-dealkylation sites (tertiary alicyclic amines) is 1. The number of rotatable bonds is 6. The van der Waals surface area contributed by atoms with Crippen molar-refractivity contribution < 1.29 is 45.4 Å². The topological polar surface area (TPSA) is 83.6 Å². The summed E-state index contributed by atoms with van der Waals surface area (Å²) in [7, 11) is 0. The van der Waals surface area contributed by atoms with Crippen molar-refractivity contribution in [3.63, 3.8) is 0 Å². The molecule has 0 spiro atoms. The second-order valence-corrected chi connectivity index (χ2v) is 9.47. The van der Waals surface area contributed by atoms with Crippen molar-refractivity contribution in [2.75, 3.05) is 6.54 Å². The number of halogens is 7. The summed E-state index contributed by atoms with van der Waals surface area (Å²) in [6.45, 7) is -0.0285. The second kappa shape index (κ2) is 9.30. The number of hydrogen-bond acceptors (Lipinski definition) is 3. The van der Waals surface area contributed by atoms with Crippen LogP contribution in [0.15, 0.2) is 42.5 Å². The van der Waals surface area contributed by atoms with Gasteiger partial charge in [-0.3, -0.25) is 9.59 Å². The fraction of sp³-hybridized carbons (Fsp3) is 0.440. The van der Waals surface area contributed by atoms with Gasteiger partial charge in [-0.2, -0.15) is 26.3 Å². The Hall–Kier alpha value is -3.15. The van der Waals surface area contributed by atoms with E-state index in [0.29, 0.717) is 25.0 Å². The largest absolute Gasteiger partial charge is 0.418 e. The van der Waals surface area contributed by atoms with Crippen LogP contribution in [0.3, 0.4) is 0 Å². The summed E-state index contributed by atoms with van der Waals surface area (Å²) in [6.07, 6.45) is -11.3. The van der Waals surface area contributed by atoms with Gasteiger partial charge in [-0.15, -0.1) is 0 Å². The lowest BCUT2D eigenvalue weighted by atomic mass is 9.73. The third-order valence-corrected chi connectivity index (χ3v) is 7.12. The zero-order valence-electron chi connectivity index (χ0n) is 19.2. The molecule has 3 N–H and O–H groups in total. The van der Waals surface area contributed by atoms with Gasteiger partial charge in [0, 0.05) is 18.0 Å². The van der Waals surface area contributed by atoms with E-state index in [0.717, 1.165) is 29.2 Å². The molecule has 2 aromatic rings. The molecule has 2 amide bonds. The Labute approximate surface area is 207 Å². The van der Waals surface area contributed by atoms with Crippen LogP contribution in [0.4, 0.5) is 30.7 Å². The Morgan fingerprint density at radius 2 is 1.73 bits per heavy atom. The van der Waals surface area contributed by atoms with E-state index in [9.17, 15) is 41.0 Å². The van der Waals surface area contributed by atoms with Crippen LogP contribution < -0.4 is 5.73 Å². The van der Waals surface area contributed by atoms with Crippen molar-refractivity contribution in [1.82, 2.24) is 4.90 Å². The first-order valence-corrected chi connectivity index (χ1v) is 11.5. The summed E-state index contributed by atoms with van der Waals surface area (Å²) in [5.41, 5.74) is 1.76. The molecule has 0 radical (unpaired) electrons. The van der Waals surface area contributed by atoms with E-state index < -0.39 is 58.7 Å². The van der Waals surface area contributed by atoms with Crippen molar-refractivity contribution in [2.24, 2.45) is 11.7 Å². The molecule has 0 unspecified atom stereocenters. The normalized spacial score (nSPS) is 22.1. The molecule has 12 heteroatoms. The van der Waals surface area contributed by atoms with E-state index in [2.05, 4.69) is 0 Å². The molecule has 1 aliphatic carbocycles. The second-order valence-electron chi connectivity index (χ2n) is 9.47. The molecule has 2 aliphatic rings. The number of aliphatic hydroxyl groups is 1. The highest BCUT2D eigenvalue weighted by molar-refractivity contribution is 6.00. The first kappa shape index (κ1) is 26.9. The first-order valence-electron chi connectivity index (χ1n) is 11.5. The molecule has 2 aromatic carbocycles. The molecule has 0 bridgehead atoms. The molecule has 1 saturated carbocycles. The number of aliphatic hydroxyl groups excluding tert-OH is 1. The van der Waals surface area contributed by atoms with Gasteiger partial charge in [0.05, 0.1) is 5.56 Å². The highest BCUT2D eigenvalue weighted by Gasteiger charge is 2.59. The number of alkyl halides is 6. The van der Waals surface area contributed by atoms with Crippen LogP contribution in [0.1, 0.15) is 64.8 Å². The summed E-state index contributed by atoms with van der Waals surface area (Å²) in [6, 6.07) is 6.19. The van der Waals surface area contributed by atoms with Crippen molar-refractivity contribution in [3.05, 3.63) is 70.5 Å². The minimum Gasteiger partial charge on any atom is -0.379 e. The van der Waals surface area contributed by atoms with Crippen LogP contribution in [-0.4, -0.2) is 40.1 Å². The molecular weight excluding hydrogens is 509 g/mol. The zero-order valence-corrected chi connectivity index (χ0v) is 19.2. The number of carbonyl (C=O) groups is 2. The minimum atomic E-state index is -4.98. The van der Waals surface area contributed by atoms with Crippen LogP contribution in [0.2, 0.25) is 0 Å². The van der Waals surface area contributed by atoms with Crippen LogP contribution in [0, 0.1) is 11.7 Å². The number of amides is 2. The summed E-state index contributed by atoms with van der Waals surface area (Å²) < 4.78 is 93.5. The molecular formula is C25H23F7N2O3. The van der Waals surface area contributed by atoms with E-state index >= 15 is 4.39 Å². The number of carbonyl (C=O) groups excluding carboxylic acids is 2. The van der Waals surface area contributed by atoms with Crippen molar-refractivity contribution in [3.8, 4) is 0 Å². The van der Waals surface area contributed by atoms with Gasteiger partial charge >= 0.3 is 12.4 Å². The standard InChI is InChI=1S/C25H23F7N2O3/c26-18-12-16(24(27,28)29)7-8-17(18)19(13-5-6-13)23(22(33)37)9-2-10-34(23)21(36)15-4-1-3-14(11-15)20(35)25(30,31)32/h1,3-4,7-8,11-13,19-20,35H,2,5-6,9-10H2,(H2,33,37)/t19-,20-,23+/m1/s1. The summed E-state index contributed by atoms with van der Waals surface area (Å²) in [5, 5.41) is 9.60. The number of nitrogens with two attached hydrogens (primary N) is 1. The van der Waals surface area contributed by atoms with Gasteiger partial charge in [-0.1, -0.05) is 18.2 Å². The van der Waals surface area contributed by atoms with E-state index in [1.807, 2.05) is 0 Å². The summed E-state index contributed by atoms with van der Waals surface area (Å²) in [4.78, 5) is 27.6. The van der Waals surface area contributed by atoms with E-state index in [-0.39, 0.29) is 36.4 Å². The quantitative estimate of drug-likeness (QED) is 0.509. The van der Waals surface area contributed by atoms with Crippen LogP contribution in [0.25, 0.3) is 0 Å². The number of hydrogen-bond donors (Lipinski definition) is 2. The Kier molecular flexibility index (Phi) is 6.76. The smallest absolute Gasteiger partial charge is 0.379 e. The van der Waals surface area contributed by atoms with Gasteiger partial charge < -0.3 is 15.7 Å². The van der Waals surface area contributed by atoms with Crippen LogP contribution in [0.5, 0.6) is 0 Å². The average molecular weight is 532 g/mol. The van der Waals surface area contributed by atoms with Gasteiger partial charge in [0.1, 0.15) is 11.4 Å². The molecule has 1 aliphatic heterocycles. The molecule has 5 nitrogen and oxygen atoms in total. The molecule has 2 fully saturated rings. The third kappa shape index (κ3) is 4.90. The van der Waals surface area contributed by atoms with E-state index in [1.165, 1.54) is 6.07 Å². The Balaban J connectivity index is 1.78. The molecule has 37 heavy (non-hydrogen) atoms. The highest BCUT2D eigenvalue weighted by atomic mass is 19.4. The van der Waals surface area contributed by atoms with E-state index in [4.69, 9.17) is 5.73 Å². The zero-order chi connectivity index (χ0) is 27.3. The number of benzene rings is 2. The molecule has 200 valence electrons. The monoisotopic (exact) mass is 532 g/mol. The van der Waals surface area contributed by atoms with Gasteiger partial charge in [-0.25, -0.2) is 4.39 Å². The summed E-state index contributed by atoms with van der Waals surface area (Å²) >= 11 is 0. The van der Waals surface area contributed by atoms with Crippen molar-refractivity contribution >= 4 is 11.8 Å². The Bertz CT molecular complexity index is 1210. The molecule has 4 rings (SSSR count). The van der Waals surface area contributed by atoms with Gasteiger partial charge in [0.2, 0.25) is 5.91 Å². The number of nitrogens with zero attached hydrogens (tertiary/aromatic N) is 1. The van der Waals surface area contributed by atoms with Gasteiger partial charge in [0.15, 0.2) is 6.10 Å². The first-order chi connectivity index (χ1) is 17.2. The molecule has 0 aromatic heterocycles. The van der Waals surface area contributed by atoms with Crippen LogP contribution in [-0.2, 0) is 11.0 Å². The molecule has 3 atom stereocenters. The molecule has 1 heterocycles. The maximum atomic E-state index is 15.1. The fourth-order valence-corrected chi connectivity index (χ4v) is 5.33. The predicted octanol–water partition coefficient (Wildman–Crippen LogP) is 5.09. The van der Waals surface area contributed by atoms with Crippen LogP contribution >= 0.6 is 0 Å². The highest BCUT2D eigenvalue weighted by Crippen LogP contribution is 2.54. The van der Waals surface area contributed by atoms with Crippen molar-refractivity contribution in [2.45, 2.75) is 55.6 Å². The van der Waals surface area contributed by atoms with Gasteiger partial charge in [-0.05, 0) is 67.0 Å². The lowest BCUT2D eigenvalue weighted by Gasteiger charge is -2.43.